The molecule has 0 N–H and O–H groups in total. The summed E-state index contributed by atoms with van der Waals surface area (Å²) in [7, 11) is -3.64. The predicted octanol–water partition coefficient (Wildman–Crippen LogP) is 1.75. The van der Waals surface area contributed by atoms with Gasteiger partial charge >= 0.3 is 0 Å². The maximum atomic E-state index is 12.7. The highest BCUT2D eigenvalue weighted by Gasteiger charge is 2.28. The molecule has 0 bridgehead atoms. The molecule has 0 aliphatic carbocycles. The third-order valence-electron chi connectivity index (χ3n) is 3.48. The lowest BCUT2D eigenvalue weighted by Crippen LogP contribution is -2.37. The Hall–Kier alpha value is -1.86. The highest BCUT2D eigenvalue weighted by Crippen LogP contribution is 2.20. The van der Waals surface area contributed by atoms with Gasteiger partial charge in [0.2, 0.25) is 10.0 Å². The Bertz CT molecular complexity index is 702. The first-order valence-electron chi connectivity index (χ1n) is 7.09. The average Bonchev–Trinajstić information content (AvgIpc) is 3.04. The summed E-state index contributed by atoms with van der Waals surface area (Å²) in [4.78, 5) is 0.169. The van der Waals surface area contributed by atoms with Crippen LogP contribution in [-0.4, -0.2) is 38.5 Å². The Morgan fingerprint density at radius 3 is 2.64 bits per heavy atom. The lowest BCUT2D eigenvalue weighted by atomic mass is 10.2. The first kappa shape index (κ1) is 16.5. The molecule has 1 aromatic carbocycles. The van der Waals surface area contributed by atoms with E-state index >= 15 is 0 Å². The predicted molar refractivity (Wildman–Crippen MR) is 82.3 cm³/mol. The molecule has 1 saturated heterocycles. The highest BCUT2D eigenvalue weighted by atomic mass is 32.2. The van der Waals surface area contributed by atoms with E-state index in [-0.39, 0.29) is 17.5 Å². The molecule has 1 aromatic rings. The molecule has 0 radical (unpaired) electrons. The summed E-state index contributed by atoms with van der Waals surface area (Å²) in [5.74, 6) is 5.53. The lowest BCUT2D eigenvalue weighted by Gasteiger charge is -2.23. The van der Waals surface area contributed by atoms with Crippen molar-refractivity contribution in [1.82, 2.24) is 4.31 Å². The van der Waals surface area contributed by atoms with Crippen molar-refractivity contribution >= 4 is 10.0 Å². The van der Waals surface area contributed by atoms with Crippen molar-refractivity contribution in [2.75, 3.05) is 19.7 Å². The van der Waals surface area contributed by atoms with Crippen molar-refractivity contribution in [3.63, 3.8) is 0 Å². The summed E-state index contributed by atoms with van der Waals surface area (Å²) in [6.07, 6.45) is 1.74. The quantitative estimate of drug-likeness (QED) is 0.776. The standard InChI is InChI=1S/C16H18N2O3S/c1-2-3-10-18(13-15-5-4-11-21-15)22(19,20)16-8-6-14(12-17)7-9-16/h6-9,15H,4-5,10-11,13H2,1H3/t15-/m1/s1. The number of ether oxygens (including phenoxy) is 1. The maximum absolute atomic E-state index is 12.7. The summed E-state index contributed by atoms with van der Waals surface area (Å²) in [6.45, 7) is 2.79. The van der Waals surface area contributed by atoms with Crippen molar-refractivity contribution in [3.8, 4) is 17.9 Å². The minimum Gasteiger partial charge on any atom is -0.377 e. The molecule has 22 heavy (non-hydrogen) atoms. The van der Waals surface area contributed by atoms with Gasteiger partial charge in [0.25, 0.3) is 0 Å². The zero-order valence-electron chi connectivity index (χ0n) is 12.4. The minimum atomic E-state index is -3.64. The lowest BCUT2D eigenvalue weighted by molar-refractivity contribution is 0.0960. The molecule has 0 spiro atoms. The van der Waals surface area contributed by atoms with Gasteiger partial charge < -0.3 is 4.74 Å². The van der Waals surface area contributed by atoms with Crippen LogP contribution in [0.4, 0.5) is 0 Å². The molecule has 1 fully saturated rings. The number of hydrogen-bond acceptors (Lipinski definition) is 4. The van der Waals surface area contributed by atoms with E-state index in [9.17, 15) is 8.42 Å². The molecule has 0 saturated carbocycles. The van der Waals surface area contributed by atoms with E-state index in [2.05, 4.69) is 11.8 Å². The van der Waals surface area contributed by atoms with E-state index in [1.807, 2.05) is 6.07 Å². The molecule has 2 rings (SSSR count). The second kappa shape index (κ2) is 7.42. The van der Waals surface area contributed by atoms with Crippen LogP contribution in [0.5, 0.6) is 0 Å². The second-order valence-electron chi connectivity index (χ2n) is 5.00. The molecule has 0 amide bonds. The Morgan fingerprint density at radius 2 is 2.09 bits per heavy atom. The summed E-state index contributed by atoms with van der Waals surface area (Å²) in [5.41, 5.74) is 0.429. The van der Waals surface area contributed by atoms with Gasteiger partial charge in [0.15, 0.2) is 0 Å². The fourth-order valence-electron chi connectivity index (χ4n) is 2.28. The fraction of sp³-hybridized carbons (Fsp3) is 0.438. The highest BCUT2D eigenvalue weighted by molar-refractivity contribution is 7.89. The van der Waals surface area contributed by atoms with Crippen LogP contribution in [0, 0.1) is 23.2 Å². The van der Waals surface area contributed by atoms with Gasteiger partial charge in [-0.25, -0.2) is 8.42 Å². The van der Waals surface area contributed by atoms with Crippen LogP contribution in [0.25, 0.3) is 0 Å². The summed E-state index contributed by atoms with van der Waals surface area (Å²) < 4.78 is 32.4. The van der Waals surface area contributed by atoms with E-state index in [1.54, 1.807) is 6.92 Å². The third-order valence-corrected chi connectivity index (χ3v) is 5.31. The molecule has 116 valence electrons. The molecule has 5 nitrogen and oxygen atoms in total. The minimum absolute atomic E-state index is 0.0770. The number of hydrogen-bond donors (Lipinski definition) is 0. The number of nitrogens with zero attached hydrogens (tertiary/aromatic N) is 2. The molecule has 1 aliphatic heterocycles. The molecule has 1 atom stereocenters. The summed E-state index contributed by atoms with van der Waals surface area (Å²) in [6, 6.07) is 7.89. The SMILES string of the molecule is CC#CCN(C[C@H]1CCCO1)S(=O)(=O)c1ccc(C#N)cc1. The van der Waals surface area contributed by atoms with E-state index in [0.717, 1.165) is 12.8 Å². The Labute approximate surface area is 131 Å². The molecule has 6 heteroatoms. The first-order valence-corrected chi connectivity index (χ1v) is 8.53. The van der Waals surface area contributed by atoms with Gasteiger partial charge in [-0.15, -0.1) is 5.92 Å². The zero-order valence-corrected chi connectivity index (χ0v) is 13.3. The summed E-state index contributed by atoms with van der Waals surface area (Å²) >= 11 is 0. The van der Waals surface area contributed by atoms with Gasteiger partial charge in [0.05, 0.1) is 29.2 Å². The topological polar surface area (TPSA) is 70.4 Å². The van der Waals surface area contributed by atoms with Crippen molar-refractivity contribution < 1.29 is 13.2 Å². The van der Waals surface area contributed by atoms with Crippen molar-refractivity contribution in [2.45, 2.75) is 30.8 Å². The number of rotatable bonds is 5. The van der Waals surface area contributed by atoms with Crippen molar-refractivity contribution in [3.05, 3.63) is 29.8 Å². The Morgan fingerprint density at radius 1 is 1.36 bits per heavy atom. The largest absolute Gasteiger partial charge is 0.377 e. The van der Waals surface area contributed by atoms with Gasteiger partial charge in [-0.05, 0) is 44.0 Å². The monoisotopic (exact) mass is 318 g/mol. The maximum Gasteiger partial charge on any atom is 0.244 e. The Kier molecular flexibility index (Phi) is 5.57. The van der Waals surface area contributed by atoms with Gasteiger partial charge in [-0.2, -0.15) is 9.57 Å². The number of nitriles is 1. The van der Waals surface area contributed by atoms with Crippen LogP contribution in [-0.2, 0) is 14.8 Å². The second-order valence-corrected chi connectivity index (χ2v) is 6.93. The van der Waals surface area contributed by atoms with Gasteiger partial charge in [0.1, 0.15) is 0 Å². The van der Waals surface area contributed by atoms with Crippen LogP contribution < -0.4 is 0 Å². The molecule has 1 aliphatic rings. The van der Waals surface area contributed by atoms with Crippen LogP contribution in [0.3, 0.4) is 0 Å². The van der Waals surface area contributed by atoms with Crippen molar-refractivity contribution in [1.29, 1.82) is 5.26 Å². The van der Waals surface area contributed by atoms with Crippen LogP contribution in [0.2, 0.25) is 0 Å². The van der Waals surface area contributed by atoms with E-state index < -0.39 is 10.0 Å². The fourth-order valence-corrected chi connectivity index (χ4v) is 3.66. The number of benzene rings is 1. The van der Waals surface area contributed by atoms with Crippen molar-refractivity contribution in [2.24, 2.45) is 0 Å². The molecular formula is C16H18N2O3S. The van der Waals surface area contributed by atoms with E-state index in [1.165, 1.54) is 28.6 Å². The van der Waals surface area contributed by atoms with Crippen LogP contribution in [0.1, 0.15) is 25.3 Å². The molecular weight excluding hydrogens is 300 g/mol. The first-order chi connectivity index (χ1) is 10.6. The molecule has 0 aromatic heterocycles. The number of sulfonamides is 1. The molecule has 1 heterocycles. The van der Waals surface area contributed by atoms with E-state index in [0.29, 0.717) is 18.7 Å². The Balaban J connectivity index is 2.25. The average molecular weight is 318 g/mol. The van der Waals surface area contributed by atoms with Crippen LogP contribution in [0.15, 0.2) is 29.2 Å². The normalized spacial score (nSPS) is 17.8. The molecule has 0 unspecified atom stereocenters. The van der Waals surface area contributed by atoms with E-state index in [4.69, 9.17) is 10.00 Å². The van der Waals surface area contributed by atoms with Gasteiger partial charge in [-0.3, -0.25) is 0 Å². The summed E-state index contributed by atoms with van der Waals surface area (Å²) in [5, 5.41) is 8.80. The van der Waals surface area contributed by atoms with Gasteiger partial charge in [0, 0.05) is 13.2 Å². The van der Waals surface area contributed by atoms with Crippen LogP contribution >= 0.6 is 0 Å². The smallest absolute Gasteiger partial charge is 0.244 e. The zero-order chi connectivity index (χ0) is 16.0. The third kappa shape index (κ3) is 3.86. The van der Waals surface area contributed by atoms with Gasteiger partial charge in [-0.1, -0.05) is 5.92 Å².